The number of anilines is 2. The molecule has 2 heterocycles. The number of pyridine rings is 1. The largest absolute Gasteiger partial charge is 0.368 e. The molecule has 0 atom stereocenters. The van der Waals surface area contributed by atoms with Gasteiger partial charge < -0.3 is 9.80 Å². The minimum Gasteiger partial charge on any atom is -0.368 e. The molecule has 0 unspecified atom stereocenters. The number of piperazine rings is 1. The van der Waals surface area contributed by atoms with Crippen LogP contribution < -0.4 is 9.80 Å². The molecule has 106 valence electrons. The Balaban J connectivity index is 1.67. The Morgan fingerprint density at radius 1 is 0.952 bits per heavy atom. The van der Waals surface area contributed by atoms with E-state index in [4.69, 9.17) is 16.9 Å². The van der Waals surface area contributed by atoms with Gasteiger partial charge in [0.1, 0.15) is 17.6 Å². The summed E-state index contributed by atoms with van der Waals surface area (Å²) in [7, 11) is 0. The standard InChI is InChI=1S/C16H15ClN4/c17-13-4-6-15(7-5-13)20-8-10-21(11-9-20)16-3-1-2-14(12-18)19-16/h1-7H,8-11H2. The van der Waals surface area contributed by atoms with Crippen LogP contribution in [0, 0.1) is 11.3 Å². The predicted octanol–water partition coefficient (Wildman–Crippen LogP) is 2.93. The van der Waals surface area contributed by atoms with Gasteiger partial charge in [-0.15, -0.1) is 0 Å². The fourth-order valence-corrected chi connectivity index (χ4v) is 2.63. The van der Waals surface area contributed by atoms with Crippen molar-refractivity contribution < 1.29 is 0 Å². The molecule has 1 aliphatic rings. The number of hydrogen-bond acceptors (Lipinski definition) is 4. The first-order chi connectivity index (χ1) is 10.3. The Morgan fingerprint density at radius 2 is 1.62 bits per heavy atom. The number of nitriles is 1. The van der Waals surface area contributed by atoms with Crippen LogP contribution in [0.3, 0.4) is 0 Å². The molecule has 0 bridgehead atoms. The van der Waals surface area contributed by atoms with E-state index >= 15 is 0 Å². The highest BCUT2D eigenvalue weighted by Gasteiger charge is 2.18. The van der Waals surface area contributed by atoms with E-state index in [2.05, 4.69) is 20.9 Å². The zero-order chi connectivity index (χ0) is 14.7. The summed E-state index contributed by atoms with van der Waals surface area (Å²) in [5.41, 5.74) is 1.66. The van der Waals surface area contributed by atoms with Crippen molar-refractivity contribution in [3.8, 4) is 6.07 Å². The number of nitrogens with zero attached hydrogens (tertiary/aromatic N) is 4. The third-order valence-corrected chi connectivity index (χ3v) is 3.90. The summed E-state index contributed by atoms with van der Waals surface area (Å²) in [6.07, 6.45) is 0. The van der Waals surface area contributed by atoms with Crippen LogP contribution in [0.4, 0.5) is 11.5 Å². The van der Waals surface area contributed by atoms with Crippen LogP contribution in [0.25, 0.3) is 0 Å². The first-order valence-corrected chi connectivity index (χ1v) is 7.27. The summed E-state index contributed by atoms with van der Waals surface area (Å²) < 4.78 is 0. The molecule has 0 saturated carbocycles. The molecule has 2 aromatic rings. The molecule has 0 amide bonds. The zero-order valence-electron chi connectivity index (χ0n) is 11.5. The molecule has 0 N–H and O–H groups in total. The Morgan fingerprint density at radius 3 is 2.29 bits per heavy atom. The van der Waals surface area contributed by atoms with E-state index < -0.39 is 0 Å². The van der Waals surface area contributed by atoms with Crippen LogP contribution >= 0.6 is 11.6 Å². The summed E-state index contributed by atoms with van der Waals surface area (Å²) in [5.74, 6) is 0.879. The average Bonchev–Trinajstić information content (AvgIpc) is 2.56. The molecular formula is C16H15ClN4. The highest BCUT2D eigenvalue weighted by atomic mass is 35.5. The summed E-state index contributed by atoms with van der Waals surface area (Å²) >= 11 is 5.92. The Bertz CT molecular complexity index is 655. The SMILES string of the molecule is N#Cc1cccc(N2CCN(c3ccc(Cl)cc3)CC2)n1. The molecule has 4 nitrogen and oxygen atoms in total. The summed E-state index contributed by atoms with van der Waals surface area (Å²) in [6.45, 7) is 3.65. The minimum absolute atomic E-state index is 0.465. The third kappa shape index (κ3) is 3.09. The van der Waals surface area contributed by atoms with Gasteiger partial charge in [-0.25, -0.2) is 4.98 Å². The van der Waals surface area contributed by atoms with Gasteiger partial charge in [-0.2, -0.15) is 5.26 Å². The van der Waals surface area contributed by atoms with Crippen molar-refractivity contribution in [1.82, 2.24) is 4.98 Å². The lowest BCUT2D eigenvalue weighted by Crippen LogP contribution is -2.46. The Hall–Kier alpha value is -2.25. The topological polar surface area (TPSA) is 43.2 Å². The van der Waals surface area contributed by atoms with E-state index in [0.717, 1.165) is 37.0 Å². The molecule has 21 heavy (non-hydrogen) atoms. The summed E-state index contributed by atoms with van der Waals surface area (Å²) in [5, 5.41) is 9.68. The number of halogens is 1. The number of rotatable bonds is 2. The molecule has 1 aromatic heterocycles. The quantitative estimate of drug-likeness (QED) is 0.855. The van der Waals surface area contributed by atoms with E-state index in [1.807, 2.05) is 36.4 Å². The molecule has 1 fully saturated rings. The van der Waals surface area contributed by atoms with Gasteiger partial charge in [-0.3, -0.25) is 0 Å². The highest BCUT2D eigenvalue weighted by Crippen LogP contribution is 2.21. The molecule has 5 heteroatoms. The van der Waals surface area contributed by atoms with Gasteiger partial charge in [0.25, 0.3) is 0 Å². The first kappa shape index (κ1) is 13.7. The monoisotopic (exact) mass is 298 g/mol. The Labute approximate surface area is 129 Å². The van der Waals surface area contributed by atoms with E-state index in [0.29, 0.717) is 5.69 Å². The van der Waals surface area contributed by atoms with E-state index in [-0.39, 0.29) is 0 Å². The van der Waals surface area contributed by atoms with E-state index in [1.165, 1.54) is 5.69 Å². The van der Waals surface area contributed by atoms with Crippen LogP contribution in [-0.4, -0.2) is 31.2 Å². The van der Waals surface area contributed by atoms with Crippen molar-refractivity contribution in [2.24, 2.45) is 0 Å². The third-order valence-electron chi connectivity index (χ3n) is 3.64. The van der Waals surface area contributed by atoms with Gasteiger partial charge in [0, 0.05) is 36.9 Å². The maximum Gasteiger partial charge on any atom is 0.142 e. The van der Waals surface area contributed by atoms with Crippen LogP contribution in [0.1, 0.15) is 5.69 Å². The van der Waals surface area contributed by atoms with Crippen LogP contribution in [0.15, 0.2) is 42.5 Å². The van der Waals surface area contributed by atoms with Crippen LogP contribution in [0.2, 0.25) is 5.02 Å². The second-order valence-electron chi connectivity index (χ2n) is 4.94. The fraction of sp³-hybridized carbons (Fsp3) is 0.250. The van der Waals surface area contributed by atoms with Gasteiger partial charge >= 0.3 is 0 Å². The van der Waals surface area contributed by atoms with Gasteiger partial charge in [0.05, 0.1) is 0 Å². The van der Waals surface area contributed by atoms with Crippen LogP contribution in [0.5, 0.6) is 0 Å². The number of hydrogen-bond donors (Lipinski definition) is 0. The number of benzene rings is 1. The molecule has 1 aromatic carbocycles. The molecule has 0 spiro atoms. The molecule has 0 aliphatic carbocycles. The molecule has 1 saturated heterocycles. The average molecular weight is 299 g/mol. The Kier molecular flexibility index (Phi) is 3.94. The lowest BCUT2D eigenvalue weighted by Gasteiger charge is -2.36. The second-order valence-corrected chi connectivity index (χ2v) is 5.38. The lowest BCUT2D eigenvalue weighted by molar-refractivity contribution is 0.647. The summed E-state index contributed by atoms with van der Waals surface area (Å²) in [4.78, 5) is 8.90. The van der Waals surface area contributed by atoms with Crippen molar-refractivity contribution >= 4 is 23.1 Å². The minimum atomic E-state index is 0.465. The molecule has 1 aliphatic heterocycles. The zero-order valence-corrected chi connectivity index (χ0v) is 12.3. The van der Waals surface area contributed by atoms with E-state index in [9.17, 15) is 0 Å². The lowest BCUT2D eigenvalue weighted by atomic mass is 10.2. The van der Waals surface area contributed by atoms with Gasteiger partial charge in [-0.1, -0.05) is 17.7 Å². The van der Waals surface area contributed by atoms with E-state index in [1.54, 1.807) is 6.07 Å². The predicted molar refractivity (Wildman–Crippen MR) is 84.8 cm³/mol. The van der Waals surface area contributed by atoms with Gasteiger partial charge in [0.2, 0.25) is 0 Å². The van der Waals surface area contributed by atoms with Crippen molar-refractivity contribution in [3.63, 3.8) is 0 Å². The normalized spacial score (nSPS) is 14.9. The van der Waals surface area contributed by atoms with Crippen LogP contribution in [-0.2, 0) is 0 Å². The van der Waals surface area contributed by atoms with Gasteiger partial charge in [0.15, 0.2) is 0 Å². The van der Waals surface area contributed by atoms with Crippen molar-refractivity contribution in [1.29, 1.82) is 5.26 Å². The first-order valence-electron chi connectivity index (χ1n) is 6.89. The van der Waals surface area contributed by atoms with Crippen molar-refractivity contribution in [2.75, 3.05) is 36.0 Å². The fourth-order valence-electron chi connectivity index (χ4n) is 2.51. The van der Waals surface area contributed by atoms with Gasteiger partial charge in [-0.05, 0) is 36.4 Å². The molecule has 0 radical (unpaired) electrons. The summed E-state index contributed by atoms with van der Waals surface area (Å²) in [6, 6.07) is 15.6. The smallest absolute Gasteiger partial charge is 0.142 e. The maximum absolute atomic E-state index is 8.92. The maximum atomic E-state index is 8.92. The van der Waals surface area contributed by atoms with Crippen molar-refractivity contribution in [3.05, 3.63) is 53.2 Å². The molecular weight excluding hydrogens is 284 g/mol. The molecule has 3 rings (SSSR count). The number of aromatic nitrogens is 1. The highest BCUT2D eigenvalue weighted by molar-refractivity contribution is 6.30. The van der Waals surface area contributed by atoms with Crippen molar-refractivity contribution in [2.45, 2.75) is 0 Å². The second kappa shape index (κ2) is 6.02.